The number of nitrogens with two attached hydrogens (primary N) is 1. The summed E-state index contributed by atoms with van der Waals surface area (Å²) in [4.78, 5) is 18.5. The minimum atomic E-state index is -0.101. The van der Waals surface area contributed by atoms with Crippen LogP contribution in [0.15, 0.2) is 0 Å². The molecule has 4 nitrogen and oxygen atoms in total. The minimum absolute atomic E-state index is 0.00738. The first-order chi connectivity index (χ1) is 8.58. The van der Waals surface area contributed by atoms with Crippen LogP contribution < -0.4 is 10.5 Å². The monoisotopic (exact) mass is 263 g/mol. The number of carbonyl (C=O) groups excluding carboxylic acids is 1. The van der Waals surface area contributed by atoms with E-state index >= 15 is 0 Å². The first-order valence-electron chi connectivity index (χ1n) is 6.35. The van der Waals surface area contributed by atoms with Crippen molar-refractivity contribution in [3.8, 4) is 0 Å². The van der Waals surface area contributed by atoms with Gasteiger partial charge in [-0.1, -0.05) is 0 Å². The highest BCUT2D eigenvalue weighted by Crippen LogP contribution is 2.40. The molecule has 2 N–H and O–H groups in total. The summed E-state index contributed by atoms with van der Waals surface area (Å²) >= 11 is 1.45. The van der Waals surface area contributed by atoms with Gasteiger partial charge in [-0.2, -0.15) is 0 Å². The molecule has 0 aromatic carbocycles. The summed E-state index contributed by atoms with van der Waals surface area (Å²) in [5.74, 6) is 0.428. The molecule has 1 aliphatic rings. The van der Waals surface area contributed by atoms with Crippen LogP contribution in [0, 0.1) is 0 Å². The van der Waals surface area contributed by atoms with Crippen LogP contribution in [0.2, 0.25) is 0 Å². The van der Waals surface area contributed by atoms with Crippen LogP contribution in [0.5, 0.6) is 0 Å². The van der Waals surface area contributed by atoms with Gasteiger partial charge >= 0.3 is 0 Å². The fourth-order valence-electron chi connectivity index (χ4n) is 1.93. The van der Waals surface area contributed by atoms with Gasteiger partial charge in [0.2, 0.25) is 0 Å². The summed E-state index contributed by atoms with van der Waals surface area (Å²) in [6, 6.07) is 0.00738. The zero-order chi connectivity index (χ0) is 13.3. The van der Waals surface area contributed by atoms with E-state index in [9.17, 15) is 4.79 Å². The van der Waals surface area contributed by atoms with Gasteiger partial charge in [0.1, 0.15) is 13.5 Å². The number of thiazole rings is 1. The van der Waals surface area contributed by atoms with Crippen molar-refractivity contribution in [3.05, 3.63) is 10.7 Å². The Morgan fingerprint density at radius 2 is 2.33 bits per heavy atom. The molecule has 0 unspecified atom stereocenters. The molecular formula is C12H18BN3OS. The Kier molecular flexibility index (Phi) is 4.07. The molecule has 1 aromatic heterocycles. The smallest absolute Gasteiger partial charge is 0.272 e. The third-order valence-corrected chi connectivity index (χ3v) is 4.32. The molecule has 1 aliphatic carbocycles. The third kappa shape index (κ3) is 2.59. The lowest BCUT2D eigenvalue weighted by molar-refractivity contribution is 0.0705. The van der Waals surface area contributed by atoms with Crippen molar-refractivity contribution in [2.75, 3.05) is 13.1 Å². The summed E-state index contributed by atoms with van der Waals surface area (Å²) in [5.41, 5.74) is 6.03. The van der Waals surface area contributed by atoms with Gasteiger partial charge in [0.05, 0.1) is 5.01 Å². The van der Waals surface area contributed by atoms with E-state index < -0.39 is 0 Å². The van der Waals surface area contributed by atoms with E-state index in [1.807, 2.05) is 13.8 Å². The van der Waals surface area contributed by atoms with E-state index in [1.165, 1.54) is 11.3 Å². The molecule has 0 aliphatic heterocycles. The third-order valence-electron chi connectivity index (χ3n) is 3.27. The van der Waals surface area contributed by atoms with Crippen LogP contribution in [-0.2, 0) is 0 Å². The molecule has 2 radical (unpaired) electrons. The second-order valence-electron chi connectivity index (χ2n) is 4.72. The summed E-state index contributed by atoms with van der Waals surface area (Å²) in [6.07, 6.45) is 2.33. The zero-order valence-electron chi connectivity index (χ0n) is 10.8. The molecule has 18 heavy (non-hydrogen) atoms. The molecule has 1 heterocycles. The summed E-state index contributed by atoms with van der Waals surface area (Å²) in [6.45, 7) is 4.94. The van der Waals surface area contributed by atoms with Gasteiger partial charge < -0.3 is 10.6 Å². The molecular weight excluding hydrogens is 245 g/mol. The highest BCUT2D eigenvalue weighted by Gasteiger charge is 2.30. The molecule has 2 rings (SSSR count). The number of carbonyl (C=O) groups is 1. The predicted octanol–water partition coefficient (Wildman–Crippen LogP) is 0.624. The van der Waals surface area contributed by atoms with Crippen molar-refractivity contribution < 1.29 is 4.79 Å². The van der Waals surface area contributed by atoms with E-state index in [-0.39, 0.29) is 11.9 Å². The Morgan fingerprint density at radius 3 is 2.83 bits per heavy atom. The molecule has 1 aromatic rings. The Labute approximate surface area is 113 Å². The molecule has 96 valence electrons. The topological polar surface area (TPSA) is 59.2 Å². The average Bonchev–Trinajstić information content (AvgIpc) is 3.13. The first kappa shape index (κ1) is 13.6. The van der Waals surface area contributed by atoms with E-state index in [0.29, 0.717) is 29.5 Å². The lowest BCUT2D eigenvalue weighted by atomic mass is 10.0. The van der Waals surface area contributed by atoms with Gasteiger partial charge in [0.25, 0.3) is 5.91 Å². The van der Waals surface area contributed by atoms with E-state index in [1.54, 1.807) is 4.90 Å². The maximum absolute atomic E-state index is 12.4. The molecule has 1 amide bonds. The van der Waals surface area contributed by atoms with E-state index in [2.05, 4.69) is 4.98 Å². The Morgan fingerprint density at radius 1 is 1.67 bits per heavy atom. The lowest BCUT2D eigenvalue weighted by Crippen LogP contribution is -2.43. The number of likely N-dealkylation sites (N-methyl/N-ethyl adjacent to an activating group) is 1. The predicted molar refractivity (Wildman–Crippen MR) is 74.7 cm³/mol. The quantitative estimate of drug-likeness (QED) is 0.792. The summed E-state index contributed by atoms with van der Waals surface area (Å²) in [5, 5.41) is 1.01. The van der Waals surface area contributed by atoms with Crippen molar-refractivity contribution in [1.29, 1.82) is 0 Å². The molecule has 0 spiro atoms. The van der Waals surface area contributed by atoms with Crippen LogP contribution in [-0.4, -0.2) is 42.8 Å². The van der Waals surface area contributed by atoms with Crippen molar-refractivity contribution in [3.63, 3.8) is 0 Å². The summed E-state index contributed by atoms with van der Waals surface area (Å²) in [7, 11) is 5.92. The number of hydrogen-bond acceptors (Lipinski definition) is 4. The average molecular weight is 263 g/mol. The number of aromatic nitrogens is 1. The molecule has 1 atom stereocenters. The zero-order valence-corrected chi connectivity index (χ0v) is 11.7. The maximum atomic E-state index is 12.4. The standard InChI is InChI=1S/C12H18BN3OS/c1-3-16(7(2)6-14)12(17)9-10(13)18-11(15-9)8-4-5-8/h7-8H,3-6,14H2,1-2H3/t7-/m0/s1. The van der Waals surface area contributed by atoms with Crippen LogP contribution in [0.3, 0.4) is 0 Å². The van der Waals surface area contributed by atoms with Crippen LogP contribution >= 0.6 is 11.3 Å². The Balaban J connectivity index is 2.21. The fourth-order valence-corrected chi connectivity index (χ4v) is 2.92. The van der Waals surface area contributed by atoms with Gasteiger partial charge in [0, 0.05) is 25.0 Å². The number of rotatable bonds is 5. The molecule has 6 heteroatoms. The van der Waals surface area contributed by atoms with Gasteiger partial charge in [-0.25, -0.2) is 4.98 Å². The van der Waals surface area contributed by atoms with Crippen molar-refractivity contribution >= 4 is 29.9 Å². The number of amides is 1. The number of hydrogen-bond donors (Lipinski definition) is 1. The van der Waals surface area contributed by atoms with Crippen LogP contribution in [0.25, 0.3) is 0 Å². The van der Waals surface area contributed by atoms with Gasteiger partial charge in [0.15, 0.2) is 0 Å². The van der Waals surface area contributed by atoms with E-state index in [4.69, 9.17) is 13.6 Å². The van der Waals surface area contributed by atoms with Gasteiger partial charge in [-0.05, 0) is 31.5 Å². The van der Waals surface area contributed by atoms with Crippen molar-refractivity contribution in [2.24, 2.45) is 5.73 Å². The van der Waals surface area contributed by atoms with Crippen molar-refractivity contribution in [2.45, 2.75) is 38.6 Å². The normalized spacial score (nSPS) is 16.6. The molecule has 1 saturated carbocycles. The Hall–Kier alpha value is -0.875. The Bertz CT molecular complexity index is 445. The minimum Gasteiger partial charge on any atom is -0.334 e. The fraction of sp³-hybridized carbons (Fsp3) is 0.667. The highest BCUT2D eigenvalue weighted by atomic mass is 32.1. The highest BCUT2D eigenvalue weighted by molar-refractivity contribution is 7.20. The molecule has 1 fully saturated rings. The van der Waals surface area contributed by atoms with Crippen molar-refractivity contribution in [1.82, 2.24) is 9.88 Å². The van der Waals surface area contributed by atoms with Gasteiger partial charge in [-0.15, -0.1) is 11.3 Å². The number of nitrogens with zero attached hydrogens (tertiary/aromatic N) is 2. The first-order valence-corrected chi connectivity index (χ1v) is 7.17. The largest absolute Gasteiger partial charge is 0.334 e. The summed E-state index contributed by atoms with van der Waals surface area (Å²) < 4.78 is 0.532. The maximum Gasteiger partial charge on any atom is 0.272 e. The second kappa shape index (κ2) is 5.40. The lowest BCUT2D eigenvalue weighted by Gasteiger charge is -2.26. The van der Waals surface area contributed by atoms with E-state index in [0.717, 1.165) is 17.8 Å². The molecule has 0 bridgehead atoms. The molecule has 0 saturated heterocycles. The van der Waals surface area contributed by atoms with Crippen LogP contribution in [0.4, 0.5) is 0 Å². The SMILES string of the molecule is [B]c1sc(C2CC2)nc1C(=O)N(CC)[C@@H](C)CN. The van der Waals surface area contributed by atoms with Crippen LogP contribution in [0.1, 0.15) is 48.1 Å². The van der Waals surface area contributed by atoms with Gasteiger partial charge in [-0.3, -0.25) is 4.79 Å². The second-order valence-corrected chi connectivity index (χ2v) is 5.78.